The van der Waals surface area contributed by atoms with Gasteiger partial charge in [0.15, 0.2) is 9.84 Å². The molecule has 1 unspecified atom stereocenters. The molecule has 0 aromatic heterocycles. The summed E-state index contributed by atoms with van der Waals surface area (Å²) in [5, 5.41) is 2.82. The number of ether oxygens (including phenoxy) is 1. The van der Waals surface area contributed by atoms with Crippen LogP contribution in [0.15, 0.2) is 18.2 Å². The SMILES string of the molecule is COc1ccc(Cl)cc1NC(=O)C(=O)N(C)C1CCS(=O)(=O)C1. The van der Waals surface area contributed by atoms with E-state index in [9.17, 15) is 18.0 Å². The summed E-state index contributed by atoms with van der Waals surface area (Å²) in [6.45, 7) is 0. The van der Waals surface area contributed by atoms with Gasteiger partial charge in [0.1, 0.15) is 5.75 Å². The molecule has 7 nitrogen and oxygen atoms in total. The van der Waals surface area contributed by atoms with Crippen molar-refractivity contribution in [2.75, 3.05) is 31.0 Å². The molecule has 23 heavy (non-hydrogen) atoms. The number of hydrogen-bond acceptors (Lipinski definition) is 5. The van der Waals surface area contributed by atoms with Crippen LogP contribution in [0.3, 0.4) is 0 Å². The molecule has 1 aromatic carbocycles. The van der Waals surface area contributed by atoms with Gasteiger partial charge in [0, 0.05) is 18.1 Å². The van der Waals surface area contributed by atoms with Crippen molar-refractivity contribution in [2.24, 2.45) is 0 Å². The lowest BCUT2D eigenvalue weighted by Gasteiger charge is -2.22. The molecule has 1 aromatic rings. The summed E-state index contributed by atoms with van der Waals surface area (Å²) in [5.74, 6) is -1.42. The molecular weight excluding hydrogens is 344 g/mol. The number of nitrogens with zero attached hydrogens (tertiary/aromatic N) is 1. The van der Waals surface area contributed by atoms with E-state index in [2.05, 4.69) is 5.32 Å². The van der Waals surface area contributed by atoms with Crippen molar-refractivity contribution < 1.29 is 22.7 Å². The molecule has 0 saturated carbocycles. The van der Waals surface area contributed by atoms with Crippen molar-refractivity contribution in [2.45, 2.75) is 12.5 Å². The zero-order valence-corrected chi connectivity index (χ0v) is 14.3. The van der Waals surface area contributed by atoms with Crippen molar-refractivity contribution in [3.8, 4) is 5.75 Å². The third-order valence-corrected chi connectivity index (χ3v) is 5.67. The Kier molecular flexibility index (Phi) is 5.16. The number of rotatable bonds is 3. The van der Waals surface area contributed by atoms with E-state index >= 15 is 0 Å². The van der Waals surface area contributed by atoms with Gasteiger partial charge in [-0.05, 0) is 24.6 Å². The van der Waals surface area contributed by atoms with E-state index in [4.69, 9.17) is 16.3 Å². The second-order valence-electron chi connectivity index (χ2n) is 5.27. The number of amides is 2. The van der Waals surface area contributed by atoms with Crippen LogP contribution in [0.2, 0.25) is 5.02 Å². The predicted molar refractivity (Wildman–Crippen MR) is 86.5 cm³/mol. The van der Waals surface area contributed by atoms with Crippen LogP contribution in [0.5, 0.6) is 5.75 Å². The normalized spacial score (nSPS) is 19.2. The van der Waals surface area contributed by atoms with Gasteiger partial charge in [-0.1, -0.05) is 11.6 Å². The molecule has 126 valence electrons. The van der Waals surface area contributed by atoms with Crippen LogP contribution in [0.4, 0.5) is 5.69 Å². The van der Waals surface area contributed by atoms with E-state index in [1.165, 1.54) is 20.2 Å². The van der Waals surface area contributed by atoms with Crippen LogP contribution >= 0.6 is 11.6 Å². The lowest BCUT2D eigenvalue weighted by molar-refractivity contribution is -0.143. The fraction of sp³-hybridized carbons (Fsp3) is 0.429. The highest BCUT2D eigenvalue weighted by Crippen LogP contribution is 2.27. The number of benzene rings is 1. The molecule has 1 N–H and O–H groups in total. The first-order chi connectivity index (χ1) is 10.7. The lowest BCUT2D eigenvalue weighted by Crippen LogP contribution is -2.43. The Balaban J connectivity index is 2.09. The molecule has 1 atom stereocenters. The quantitative estimate of drug-likeness (QED) is 0.809. The first-order valence-electron chi connectivity index (χ1n) is 6.85. The summed E-state index contributed by atoms with van der Waals surface area (Å²) in [6, 6.07) is 4.13. The summed E-state index contributed by atoms with van der Waals surface area (Å²) in [6.07, 6.45) is 0.332. The molecule has 1 aliphatic rings. The first kappa shape index (κ1) is 17.6. The lowest BCUT2D eigenvalue weighted by atomic mass is 10.2. The highest BCUT2D eigenvalue weighted by molar-refractivity contribution is 7.91. The number of sulfone groups is 1. The van der Waals surface area contributed by atoms with Crippen LogP contribution in [-0.4, -0.2) is 56.8 Å². The van der Waals surface area contributed by atoms with Gasteiger partial charge < -0.3 is 15.0 Å². The second-order valence-corrected chi connectivity index (χ2v) is 7.94. The molecule has 0 spiro atoms. The van der Waals surface area contributed by atoms with E-state index in [-0.39, 0.29) is 17.2 Å². The summed E-state index contributed by atoms with van der Waals surface area (Å²) >= 11 is 5.87. The Labute approximate surface area is 139 Å². The Bertz CT molecular complexity index is 735. The molecule has 0 aliphatic carbocycles. The fourth-order valence-corrected chi connectivity index (χ4v) is 4.31. The maximum absolute atomic E-state index is 12.2. The zero-order valence-electron chi connectivity index (χ0n) is 12.7. The number of carbonyl (C=O) groups excluding carboxylic acids is 2. The molecule has 2 rings (SSSR count). The number of halogens is 1. The molecule has 1 heterocycles. The maximum Gasteiger partial charge on any atom is 0.314 e. The zero-order chi connectivity index (χ0) is 17.2. The summed E-state index contributed by atoms with van der Waals surface area (Å²) < 4.78 is 28.1. The van der Waals surface area contributed by atoms with E-state index < -0.39 is 27.7 Å². The Morgan fingerprint density at radius 1 is 1.39 bits per heavy atom. The van der Waals surface area contributed by atoms with E-state index in [1.807, 2.05) is 0 Å². The van der Waals surface area contributed by atoms with Gasteiger partial charge in [-0.2, -0.15) is 0 Å². The standard InChI is InChI=1S/C14H17ClN2O5S/c1-17(10-5-6-23(20,21)8-10)14(19)13(18)16-11-7-9(15)3-4-12(11)22-2/h3-4,7,10H,5-6,8H2,1-2H3,(H,16,18). The van der Waals surface area contributed by atoms with Crippen LogP contribution in [-0.2, 0) is 19.4 Å². The number of nitrogens with one attached hydrogen (secondary N) is 1. The van der Waals surface area contributed by atoms with Gasteiger partial charge in [0.05, 0.1) is 24.3 Å². The third-order valence-electron chi connectivity index (χ3n) is 3.68. The monoisotopic (exact) mass is 360 g/mol. The summed E-state index contributed by atoms with van der Waals surface area (Å²) in [4.78, 5) is 25.4. The van der Waals surface area contributed by atoms with Crippen molar-refractivity contribution in [1.82, 2.24) is 4.90 Å². The third kappa shape index (κ3) is 4.14. The molecule has 1 saturated heterocycles. The van der Waals surface area contributed by atoms with Gasteiger partial charge in [-0.15, -0.1) is 0 Å². The number of anilines is 1. The molecule has 1 fully saturated rings. The van der Waals surface area contributed by atoms with Crippen LogP contribution in [0.1, 0.15) is 6.42 Å². The highest BCUT2D eigenvalue weighted by Gasteiger charge is 2.34. The minimum atomic E-state index is -3.14. The molecule has 0 bridgehead atoms. The Morgan fingerprint density at radius 3 is 2.65 bits per heavy atom. The van der Waals surface area contributed by atoms with Gasteiger partial charge in [0.25, 0.3) is 0 Å². The Morgan fingerprint density at radius 2 is 2.09 bits per heavy atom. The summed E-state index contributed by atoms with van der Waals surface area (Å²) in [7, 11) is -0.292. The van der Waals surface area contributed by atoms with Crippen molar-refractivity contribution in [3.05, 3.63) is 23.2 Å². The first-order valence-corrected chi connectivity index (χ1v) is 9.05. The van der Waals surface area contributed by atoms with Gasteiger partial charge >= 0.3 is 11.8 Å². The maximum atomic E-state index is 12.2. The topological polar surface area (TPSA) is 92.8 Å². The van der Waals surface area contributed by atoms with Crippen LogP contribution in [0, 0.1) is 0 Å². The van der Waals surface area contributed by atoms with Gasteiger partial charge in [0.2, 0.25) is 0 Å². The number of likely N-dealkylation sites (N-methyl/N-ethyl adjacent to an activating group) is 1. The number of methoxy groups -OCH3 is 1. The Hall–Kier alpha value is -1.80. The van der Waals surface area contributed by atoms with Crippen LogP contribution in [0.25, 0.3) is 0 Å². The molecule has 9 heteroatoms. The molecule has 2 amide bonds. The van der Waals surface area contributed by atoms with Crippen LogP contribution < -0.4 is 10.1 Å². The second kappa shape index (κ2) is 6.76. The highest BCUT2D eigenvalue weighted by atomic mass is 35.5. The molecule has 0 radical (unpaired) electrons. The average Bonchev–Trinajstić information content (AvgIpc) is 2.86. The van der Waals surface area contributed by atoms with E-state index in [1.54, 1.807) is 12.1 Å². The fourth-order valence-electron chi connectivity index (χ4n) is 2.36. The van der Waals surface area contributed by atoms with E-state index in [0.29, 0.717) is 17.2 Å². The van der Waals surface area contributed by atoms with Crippen molar-refractivity contribution in [1.29, 1.82) is 0 Å². The van der Waals surface area contributed by atoms with Gasteiger partial charge in [-0.25, -0.2) is 8.42 Å². The predicted octanol–water partition coefficient (Wildman–Crippen LogP) is 0.933. The molecule has 1 aliphatic heterocycles. The number of carbonyl (C=O) groups is 2. The largest absolute Gasteiger partial charge is 0.495 e. The van der Waals surface area contributed by atoms with Crippen molar-refractivity contribution >= 4 is 38.9 Å². The average molecular weight is 361 g/mol. The van der Waals surface area contributed by atoms with Gasteiger partial charge in [-0.3, -0.25) is 9.59 Å². The smallest absolute Gasteiger partial charge is 0.314 e. The molecular formula is C14H17ClN2O5S. The van der Waals surface area contributed by atoms with E-state index in [0.717, 1.165) is 4.90 Å². The number of hydrogen-bond donors (Lipinski definition) is 1. The van der Waals surface area contributed by atoms with Crippen molar-refractivity contribution in [3.63, 3.8) is 0 Å². The summed E-state index contributed by atoms with van der Waals surface area (Å²) in [5.41, 5.74) is 0.269. The minimum Gasteiger partial charge on any atom is -0.495 e. The minimum absolute atomic E-state index is 0.0268.